The lowest BCUT2D eigenvalue weighted by Gasteiger charge is -2.08. The van der Waals surface area contributed by atoms with Crippen molar-refractivity contribution in [2.24, 2.45) is 5.92 Å². The lowest BCUT2D eigenvalue weighted by atomic mass is 9.95. The molecule has 3 aromatic rings. The number of thiazole rings is 1. The summed E-state index contributed by atoms with van der Waals surface area (Å²) in [5, 5.41) is 2.00. The predicted molar refractivity (Wildman–Crippen MR) is 76.7 cm³/mol. The predicted octanol–water partition coefficient (Wildman–Crippen LogP) is 3.46. The molecule has 0 aliphatic carbocycles. The summed E-state index contributed by atoms with van der Waals surface area (Å²) in [5.41, 5.74) is 1.75. The summed E-state index contributed by atoms with van der Waals surface area (Å²) in [7, 11) is 0. The third-order valence-corrected chi connectivity index (χ3v) is 3.94. The molecule has 0 fully saturated rings. The topological polar surface area (TPSA) is 34.4 Å². The second kappa shape index (κ2) is 4.97. The van der Waals surface area contributed by atoms with E-state index in [4.69, 9.17) is 0 Å². The first kappa shape index (κ1) is 12.1. The number of Topliss-reactive ketones (excluding diaryl/α,β-unsaturated/α-hetero) is 1. The maximum atomic E-state index is 12.3. The Kier molecular flexibility index (Phi) is 3.17. The molecule has 0 aliphatic heterocycles. The molecule has 4 heteroatoms. The monoisotopic (exact) mass is 270 g/mol. The first-order valence-electron chi connectivity index (χ1n) is 6.24. The number of nitrogens with zero attached hydrogens (tertiary/aromatic N) is 2. The van der Waals surface area contributed by atoms with Crippen LogP contribution < -0.4 is 0 Å². The molecule has 19 heavy (non-hydrogen) atoms. The number of fused-ring (bicyclic) bond motifs is 1. The van der Waals surface area contributed by atoms with Crippen LogP contribution in [0.4, 0.5) is 0 Å². The Bertz CT molecular complexity index is 671. The van der Waals surface area contributed by atoms with E-state index >= 15 is 0 Å². The molecule has 2 aromatic heterocycles. The zero-order valence-electron chi connectivity index (χ0n) is 10.6. The van der Waals surface area contributed by atoms with Gasteiger partial charge in [-0.1, -0.05) is 37.3 Å². The Morgan fingerprint density at radius 1 is 1.37 bits per heavy atom. The fourth-order valence-corrected chi connectivity index (χ4v) is 2.89. The third kappa shape index (κ3) is 2.44. The number of carbonyl (C=O) groups excluding carboxylic acids is 1. The third-order valence-electron chi connectivity index (χ3n) is 3.16. The first-order chi connectivity index (χ1) is 9.24. The Morgan fingerprint density at radius 3 is 2.89 bits per heavy atom. The van der Waals surface area contributed by atoms with Gasteiger partial charge in [-0.25, -0.2) is 4.98 Å². The van der Waals surface area contributed by atoms with Gasteiger partial charge >= 0.3 is 0 Å². The molecule has 0 bridgehead atoms. The summed E-state index contributed by atoms with van der Waals surface area (Å²) in [5.74, 6) is 0.129. The van der Waals surface area contributed by atoms with Gasteiger partial charge in [-0.2, -0.15) is 0 Å². The highest BCUT2D eigenvalue weighted by molar-refractivity contribution is 7.15. The van der Waals surface area contributed by atoms with Gasteiger partial charge in [0, 0.05) is 35.7 Å². The Balaban J connectivity index is 1.76. The van der Waals surface area contributed by atoms with Crippen molar-refractivity contribution in [3.05, 3.63) is 59.4 Å². The Labute approximate surface area is 115 Å². The molecule has 0 amide bonds. The van der Waals surface area contributed by atoms with Gasteiger partial charge in [-0.3, -0.25) is 9.20 Å². The van der Waals surface area contributed by atoms with Crippen molar-refractivity contribution in [2.45, 2.75) is 13.3 Å². The fraction of sp³-hybridized carbons (Fsp3) is 0.200. The molecule has 96 valence electrons. The standard InChI is InChI=1S/C15H14N2OS/c1-11(14(18)12-5-3-2-4-6-12)9-13-10-17-7-8-19-15(17)16-13/h2-8,10-11H,9H2,1H3. The number of ketones is 1. The second-order valence-electron chi connectivity index (χ2n) is 4.66. The fourth-order valence-electron chi connectivity index (χ4n) is 2.17. The van der Waals surface area contributed by atoms with Crippen molar-refractivity contribution in [1.82, 2.24) is 9.38 Å². The van der Waals surface area contributed by atoms with Crippen LogP contribution in [0.1, 0.15) is 23.0 Å². The molecule has 2 heterocycles. The lowest BCUT2D eigenvalue weighted by Crippen LogP contribution is -2.14. The highest BCUT2D eigenvalue weighted by atomic mass is 32.1. The van der Waals surface area contributed by atoms with Gasteiger partial charge in [-0.15, -0.1) is 11.3 Å². The smallest absolute Gasteiger partial charge is 0.193 e. The Morgan fingerprint density at radius 2 is 2.16 bits per heavy atom. The summed E-state index contributed by atoms with van der Waals surface area (Å²) < 4.78 is 2.00. The number of hydrogen-bond donors (Lipinski definition) is 0. The van der Waals surface area contributed by atoms with Crippen LogP contribution in [-0.4, -0.2) is 15.2 Å². The maximum absolute atomic E-state index is 12.3. The minimum Gasteiger partial charge on any atom is -0.297 e. The van der Waals surface area contributed by atoms with Crippen LogP contribution in [0.15, 0.2) is 48.1 Å². The van der Waals surface area contributed by atoms with E-state index in [0.717, 1.165) is 16.2 Å². The van der Waals surface area contributed by atoms with Crippen LogP contribution in [0.2, 0.25) is 0 Å². The zero-order chi connectivity index (χ0) is 13.2. The molecule has 0 saturated heterocycles. The van der Waals surface area contributed by atoms with E-state index in [1.807, 2.05) is 59.4 Å². The van der Waals surface area contributed by atoms with E-state index in [9.17, 15) is 4.79 Å². The molecular weight excluding hydrogens is 256 g/mol. The summed E-state index contributed by atoms with van der Waals surface area (Å²) in [6.07, 6.45) is 4.67. The first-order valence-corrected chi connectivity index (χ1v) is 7.12. The minimum absolute atomic E-state index is 0.0491. The summed E-state index contributed by atoms with van der Waals surface area (Å²) >= 11 is 1.61. The SMILES string of the molecule is CC(Cc1cn2ccsc2n1)C(=O)c1ccccc1. The van der Waals surface area contributed by atoms with Crippen molar-refractivity contribution < 1.29 is 4.79 Å². The van der Waals surface area contributed by atoms with Gasteiger partial charge in [0.2, 0.25) is 0 Å². The van der Waals surface area contributed by atoms with Crippen LogP contribution >= 0.6 is 11.3 Å². The number of hydrogen-bond acceptors (Lipinski definition) is 3. The lowest BCUT2D eigenvalue weighted by molar-refractivity contribution is 0.0929. The van der Waals surface area contributed by atoms with Crippen LogP contribution in [0.25, 0.3) is 4.96 Å². The molecule has 1 aromatic carbocycles. The minimum atomic E-state index is -0.0491. The van der Waals surface area contributed by atoms with Crippen LogP contribution in [0.5, 0.6) is 0 Å². The van der Waals surface area contributed by atoms with Gasteiger partial charge in [0.25, 0.3) is 0 Å². The van der Waals surface area contributed by atoms with Gasteiger partial charge < -0.3 is 0 Å². The molecular formula is C15H14N2OS. The Hall–Kier alpha value is -1.94. The van der Waals surface area contributed by atoms with E-state index in [1.165, 1.54) is 0 Å². The second-order valence-corrected chi connectivity index (χ2v) is 5.53. The molecule has 0 saturated carbocycles. The number of carbonyl (C=O) groups is 1. The van der Waals surface area contributed by atoms with Gasteiger partial charge in [0.05, 0.1) is 5.69 Å². The molecule has 1 unspecified atom stereocenters. The average molecular weight is 270 g/mol. The molecule has 1 atom stereocenters. The van der Waals surface area contributed by atoms with Crippen LogP contribution in [-0.2, 0) is 6.42 Å². The zero-order valence-corrected chi connectivity index (χ0v) is 11.4. The van der Waals surface area contributed by atoms with E-state index in [2.05, 4.69) is 4.98 Å². The number of imidazole rings is 1. The molecule has 0 spiro atoms. The number of rotatable bonds is 4. The molecule has 3 rings (SSSR count). The van der Waals surface area contributed by atoms with E-state index < -0.39 is 0 Å². The van der Waals surface area contributed by atoms with Crippen molar-refractivity contribution in [3.63, 3.8) is 0 Å². The molecule has 3 nitrogen and oxygen atoms in total. The summed E-state index contributed by atoms with van der Waals surface area (Å²) in [6.45, 7) is 1.96. The highest BCUT2D eigenvalue weighted by Gasteiger charge is 2.17. The van der Waals surface area contributed by atoms with Gasteiger partial charge in [-0.05, 0) is 0 Å². The largest absolute Gasteiger partial charge is 0.297 e. The normalized spacial score (nSPS) is 12.7. The molecule has 0 aliphatic rings. The highest BCUT2D eigenvalue weighted by Crippen LogP contribution is 2.17. The van der Waals surface area contributed by atoms with Gasteiger partial charge in [0.15, 0.2) is 10.7 Å². The van der Waals surface area contributed by atoms with Gasteiger partial charge in [0.1, 0.15) is 0 Å². The molecule has 0 radical (unpaired) electrons. The van der Waals surface area contributed by atoms with Crippen molar-refractivity contribution >= 4 is 22.1 Å². The van der Waals surface area contributed by atoms with Crippen molar-refractivity contribution in [1.29, 1.82) is 0 Å². The maximum Gasteiger partial charge on any atom is 0.193 e. The average Bonchev–Trinajstić information content (AvgIpc) is 2.99. The van der Waals surface area contributed by atoms with Crippen LogP contribution in [0, 0.1) is 5.92 Å². The molecule has 0 N–H and O–H groups in total. The quantitative estimate of drug-likeness (QED) is 0.680. The number of benzene rings is 1. The van der Waals surface area contributed by atoms with Crippen molar-refractivity contribution in [2.75, 3.05) is 0 Å². The summed E-state index contributed by atoms with van der Waals surface area (Å²) in [6, 6.07) is 9.44. The summed E-state index contributed by atoms with van der Waals surface area (Å²) in [4.78, 5) is 17.8. The van der Waals surface area contributed by atoms with Crippen molar-refractivity contribution in [3.8, 4) is 0 Å². The van der Waals surface area contributed by atoms with Crippen LogP contribution in [0.3, 0.4) is 0 Å². The number of aromatic nitrogens is 2. The van der Waals surface area contributed by atoms with E-state index in [0.29, 0.717) is 6.42 Å². The van der Waals surface area contributed by atoms with E-state index in [-0.39, 0.29) is 11.7 Å². The van der Waals surface area contributed by atoms with E-state index in [1.54, 1.807) is 11.3 Å².